The Morgan fingerprint density at radius 1 is 1.33 bits per heavy atom. The Morgan fingerprint density at radius 3 is 2.78 bits per heavy atom. The molecular formula is C20H28N2O5. The average Bonchev–Trinajstić information content (AvgIpc) is 2.91. The summed E-state index contributed by atoms with van der Waals surface area (Å²) in [5, 5.41) is 8.97. The molecule has 1 heterocycles. The Morgan fingerprint density at radius 2 is 2.11 bits per heavy atom. The van der Waals surface area contributed by atoms with Crippen LogP contribution in [0, 0.1) is 0 Å². The van der Waals surface area contributed by atoms with Crippen LogP contribution in [0.25, 0.3) is 0 Å². The standard InChI is InChI=1S/C20H28N2O5/c1-4-12-27-17-8-7-15(13-18(17)26-3)20(25)22-10-5-6-16(9-11-22)21(2)14-19(23)24/h4,7-8,13,16H,1,5-6,9-12,14H2,2-3H3,(H,23,24). The van der Waals surface area contributed by atoms with E-state index < -0.39 is 5.97 Å². The molecule has 1 aromatic rings. The molecule has 0 aliphatic carbocycles. The highest BCUT2D eigenvalue weighted by Gasteiger charge is 2.25. The number of likely N-dealkylation sites (tertiary alicyclic amines) is 1. The number of aliphatic carboxylic acids is 1. The third-order valence-electron chi connectivity index (χ3n) is 4.76. The lowest BCUT2D eigenvalue weighted by molar-refractivity contribution is -0.138. The third-order valence-corrected chi connectivity index (χ3v) is 4.76. The van der Waals surface area contributed by atoms with Crippen molar-refractivity contribution in [3.8, 4) is 11.5 Å². The highest BCUT2D eigenvalue weighted by Crippen LogP contribution is 2.29. The fourth-order valence-corrected chi connectivity index (χ4v) is 3.32. The van der Waals surface area contributed by atoms with Gasteiger partial charge in [0.2, 0.25) is 0 Å². The number of carboxylic acid groups (broad SMARTS) is 1. The molecular weight excluding hydrogens is 348 g/mol. The number of hydrogen-bond donors (Lipinski definition) is 1. The average molecular weight is 376 g/mol. The summed E-state index contributed by atoms with van der Waals surface area (Å²) >= 11 is 0. The van der Waals surface area contributed by atoms with Crippen LogP contribution in [0.3, 0.4) is 0 Å². The van der Waals surface area contributed by atoms with Crippen LogP contribution in [0.15, 0.2) is 30.9 Å². The van der Waals surface area contributed by atoms with E-state index in [1.54, 1.807) is 31.4 Å². The van der Waals surface area contributed by atoms with Crippen LogP contribution in [0.4, 0.5) is 0 Å². The van der Waals surface area contributed by atoms with E-state index in [1.807, 2.05) is 16.8 Å². The van der Waals surface area contributed by atoms with Crippen molar-refractivity contribution in [3.05, 3.63) is 36.4 Å². The number of nitrogens with zero attached hydrogens (tertiary/aromatic N) is 2. The second kappa shape index (κ2) is 9.97. The molecule has 7 heteroatoms. The Labute approximate surface area is 160 Å². The molecule has 2 rings (SSSR count). The molecule has 1 N–H and O–H groups in total. The molecule has 1 fully saturated rings. The van der Waals surface area contributed by atoms with Gasteiger partial charge < -0.3 is 19.5 Å². The SMILES string of the molecule is C=CCOc1ccc(C(=O)N2CCCC(N(C)CC(=O)O)CC2)cc1OC. The summed E-state index contributed by atoms with van der Waals surface area (Å²) in [5.74, 6) is 0.197. The Hall–Kier alpha value is -2.54. The summed E-state index contributed by atoms with van der Waals surface area (Å²) in [6.07, 6.45) is 4.13. The number of amides is 1. The van der Waals surface area contributed by atoms with Crippen molar-refractivity contribution in [1.29, 1.82) is 0 Å². The van der Waals surface area contributed by atoms with Gasteiger partial charge in [0.25, 0.3) is 5.91 Å². The molecule has 1 aliphatic heterocycles. The molecule has 1 unspecified atom stereocenters. The second-order valence-corrected chi connectivity index (χ2v) is 6.65. The van der Waals surface area contributed by atoms with Crippen molar-refractivity contribution < 1.29 is 24.2 Å². The lowest BCUT2D eigenvalue weighted by Gasteiger charge is -2.25. The number of benzene rings is 1. The van der Waals surface area contributed by atoms with E-state index in [0.717, 1.165) is 19.3 Å². The number of carboxylic acids is 1. The van der Waals surface area contributed by atoms with Crippen LogP contribution >= 0.6 is 0 Å². The van der Waals surface area contributed by atoms with Crippen molar-refractivity contribution in [2.45, 2.75) is 25.3 Å². The number of methoxy groups -OCH3 is 1. The van der Waals surface area contributed by atoms with Gasteiger partial charge in [0, 0.05) is 24.7 Å². The van der Waals surface area contributed by atoms with Crippen LogP contribution < -0.4 is 9.47 Å². The summed E-state index contributed by atoms with van der Waals surface area (Å²) in [6.45, 7) is 5.26. The summed E-state index contributed by atoms with van der Waals surface area (Å²) in [5.41, 5.74) is 0.551. The molecule has 1 aliphatic rings. The van der Waals surface area contributed by atoms with Crippen LogP contribution in [0.1, 0.15) is 29.6 Å². The van der Waals surface area contributed by atoms with E-state index in [9.17, 15) is 9.59 Å². The van der Waals surface area contributed by atoms with Gasteiger partial charge in [-0.15, -0.1) is 0 Å². The molecule has 1 atom stereocenters. The van der Waals surface area contributed by atoms with E-state index in [-0.39, 0.29) is 18.5 Å². The van der Waals surface area contributed by atoms with Crippen molar-refractivity contribution in [2.24, 2.45) is 0 Å². The zero-order valence-electron chi connectivity index (χ0n) is 16.0. The maximum atomic E-state index is 12.9. The van der Waals surface area contributed by atoms with Gasteiger partial charge in [0.05, 0.1) is 13.7 Å². The lowest BCUT2D eigenvalue weighted by atomic mass is 10.1. The minimum Gasteiger partial charge on any atom is -0.493 e. The predicted molar refractivity (Wildman–Crippen MR) is 102 cm³/mol. The molecule has 0 aromatic heterocycles. The third kappa shape index (κ3) is 5.72. The van der Waals surface area contributed by atoms with Gasteiger partial charge in [-0.3, -0.25) is 14.5 Å². The monoisotopic (exact) mass is 376 g/mol. The van der Waals surface area contributed by atoms with Gasteiger partial charge in [-0.2, -0.15) is 0 Å². The summed E-state index contributed by atoms with van der Waals surface area (Å²) in [6, 6.07) is 5.33. The highest BCUT2D eigenvalue weighted by molar-refractivity contribution is 5.95. The smallest absolute Gasteiger partial charge is 0.317 e. The number of likely N-dealkylation sites (N-methyl/N-ethyl adjacent to an activating group) is 1. The van der Waals surface area contributed by atoms with E-state index in [1.165, 1.54) is 0 Å². The van der Waals surface area contributed by atoms with Crippen molar-refractivity contribution >= 4 is 11.9 Å². The van der Waals surface area contributed by atoms with Crippen LogP contribution in [0.5, 0.6) is 11.5 Å². The fourth-order valence-electron chi connectivity index (χ4n) is 3.32. The maximum Gasteiger partial charge on any atom is 0.317 e. The van der Waals surface area contributed by atoms with Gasteiger partial charge in [0.15, 0.2) is 11.5 Å². The Balaban J connectivity index is 2.04. The largest absolute Gasteiger partial charge is 0.493 e. The van der Waals surface area contributed by atoms with Gasteiger partial charge >= 0.3 is 5.97 Å². The Kier molecular flexibility index (Phi) is 7.67. The van der Waals surface area contributed by atoms with Crippen LogP contribution in [-0.2, 0) is 4.79 Å². The van der Waals surface area contributed by atoms with Gasteiger partial charge in [-0.05, 0) is 44.5 Å². The molecule has 1 aromatic carbocycles. The first-order valence-corrected chi connectivity index (χ1v) is 9.09. The van der Waals surface area contributed by atoms with Gasteiger partial charge in [0.1, 0.15) is 6.61 Å². The highest BCUT2D eigenvalue weighted by atomic mass is 16.5. The first-order valence-electron chi connectivity index (χ1n) is 9.09. The molecule has 7 nitrogen and oxygen atoms in total. The van der Waals surface area contributed by atoms with Crippen LogP contribution in [0.2, 0.25) is 0 Å². The molecule has 0 saturated carbocycles. The molecule has 27 heavy (non-hydrogen) atoms. The molecule has 1 saturated heterocycles. The number of rotatable bonds is 8. The zero-order valence-corrected chi connectivity index (χ0v) is 16.0. The molecule has 148 valence electrons. The van der Waals surface area contributed by atoms with Gasteiger partial charge in [-0.1, -0.05) is 12.7 Å². The van der Waals surface area contributed by atoms with Crippen LogP contribution in [-0.4, -0.2) is 73.2 Å². The minimum atomic E-state index is -0.833. The summed E-state index contributed by atoms with van der Waals surface area (Å²) in [7, 11) is 3.36. The van der Waals surface area contributed by atoms with Crippen molar-refractivity contribution in [2.75, 3.05) is 40.4 Å². The van der Waals surface area contributed by atoms with E-state index in [0.29, 0.717) is 36.8 Å². The number of ether oxygens (including phenoxy) is 2. The van der Waals surface area contributed by atoms with Crippen molar-refractivity contribution in [3.63, 3.8) is 0 Å². The zero-order chi connectivity index (χ0) is 19.8. The number of carbonyl (C=O) groups excluding carboxylic acids is 1. The van der Waals surface area contributed by atoms with E-state index in [2.05, 4.69) is 6.58 Å². The van der Waals surface area contributed by atoms with Crippen molar-refractivity contribution in [1.82, 2.24) is 9.80 Å². The normalized spacial score (nSPS) is 17.3. The molecule has 0 bridgehead atoms. The molecule has 0 radical (unpaired) electrons. The topological polar surface area (TPSA) is 79.3 Å². The van der Waals surface area contributed by atoms with E-state index >= 15 is 0 Å². The first-order chi connectivity index (χ1) is 13.0. The minimum absolute atomic E-state index is 0.0159. The maximum absolute atomic E-state index is 12.9. The predicted octanol–water partition coefficient (Wildman–Crippen LogP) is 2.27. The van der Waals surface area contributed by atoms with Gasteiger partial charge in [-0.25, -0.2) is 0 Å². The molecule has 1 amide bonds. The number of hydrogen-bond acceptors (Lipinski definition) is 5. The van der Waals surface area contributed by atoms with E-state index in [4.69, 9.17) is 14.6 Å². The first kappa shape index (κ1) is 20.8. The summed E-state index contributed by atoms with van der Waals surface area (Å²) < 4.78 is 10.9. The Bertz CT molecular complexity index is 676. The lowest BCUT2D eigenvalue weighted by Crippen LogP contribution is -2.37. The quantitative estimate of drug-likeness (QED) is 0.701. The summed E-state index contributed by atoms with van der Waals surface area (Å²) in [4.78, 5) is 27.5. The fraction of sp³-hybridized carbons (Fsp3) is 0.500. The molecule has 0 spiro atoms. The second-order valence-electron chi connectivity index (χ2n) is 6.65. The number of carbonyl (C=O) groups is 2.